The van der Waals surface area contributed by atoms with Crippen molar-refractivity contribution in [2.24, 2.45) is 0 Å². The molecule has 1 fully saturated rings. The van der Waals surface area contributed by atoms with Crippen molar-refractivity contribution in [1.82, 2.24) is 10.2 Å². The van der Waals surface area contributed by atoms with Crippen LogP contribution in [0.15, 0.2) is 24.3 Å². The van der Waals surface area contributed by atoms with E-state index < -0.39 is 5.09 Å². The summed E-state index contributed by atoms with van der Waals surface area (Å²) in [5, 5.41) is 12.5. The van der Waals surface area contributed by atoms with Crippen molar-refractivity contribution < 1.29 is 14.7 Å². The molecule has 0 radical (unpaired) electrons. The van der Waals surface area contributed by atoms with Crippen molar-refractivity contribution in [2.75, 3.05) is 39.4 Å². The summed E-state index contributed by atoms with van der Waals surface area (Å²) < 4.78 is 5.43. The van der Waals surface area contributed by atoms with E-state index in [2.05, 4.69) is 21.1 Å². The number of piperazine rings is 1. The fraction of sp³-hybridized carbons (Fsp3) is 0.538. The van der Waals surface area contributed by atoms with E-state index in [-0.39, 0.29) is 13.2 Å². The van der Waals surface area contributed by atoms with Crippen molar-refractivity contribution in [3.05, 3.63) is 39.9 Å². The number of hydrogen-bond donors (Lipinski definition) is 1. The Morgan fingerprint density at radius 1 is 1.30 bits per heavy atom. The predicted molar refractivity (Wildman–Crippen MR) is 73.0 cm³/mol. The third-order valence-electron chi connectivity index (χ3n) is 3.06. The summed E-state index contributed by atoms with van der Waals surface area (Å²) in [6, 6.07) is 7.80. The summed E-state index contributed by atoms with van der Waals surface area (Å²) in [4.78, 5) is 16.6. The van der Waals surface area contributed by atoms with Crippen molar-refractivity contribution in [1.29, 1.82) is 0 Å². The lowest BCUT2D eigenvalue weighted by Crippen LogP contribution is -2.42. The summed E-state index contributed by atoms with van der Waals surface area (Å²) in [6.45, 7) is 5.13. The summed E-state index contributed by atoms with van der Waals surface area (Å²) in [6.07, 6.45) is 0. The molecule has 0 atom stereocenters. The Kier molecular flexibility index (Phi) is 5.57. The van der Waals surface area contributed by atoms with Crippen LogP contribution in [0.1, 0.15) is 5.56 Å². The predicted octanol–water partition coefficient (Wildman–Crippen LogP) is 0.679. The Morgan fingerprint density at radius 2 is 2.10 bits per heavy atom. The maximum absolute atomic E-state index is 10.0. The van der Waals surface area contributed by atoms with Crippen molar-refractivity contribution >= 4 is 0 Å². The smallest absolute Gasteiger partial charge is 0.294 e. The molecule has 0 amide bonds. The van der Waals surface area contributed by atoms with Gasteiger partial charge >= 0.3 is 0 Å². The van der Waals surface area contributed by atoms with E-state index >= 15 is 0 Å². The Labute approximate surface area is 117 Å². The first kappa shape index (κ1) is 14.5. The lowest BCUT2D eigenvalue weighted by molar-refractivity contribution is -0.757. The topological polar surface area (TPSA) is 76.9 Å². The summed E-state index contributed by atoms with van der Waals surface area (Å²) in [5.41, 5.74) is 1.18. The van der Waals surface area contributed by atoms with Gasteiger partial charge in [-0.15, -0.1) is 10.1 Å². The van der Waals surface area contributed by atoms with E-state index in [0.29, 0.717) is 5.75 Å². The lowest BCUT2D eigenvalue weighted by atomic mass is 10.2. The van der Waals surface area contributed by atoms with Crippen LogP contribution in [0.25, 0.3) is 0 Å². The first-order valence-corrected chi connectivity index (χ1v) is 6.66. The van der Waals surface area contributed by atoms with Crippen molar-refractivity contribution in [3.63, 3.8) is 0 Å². The molecular formula is C13H19N3O4. The van der Waals surface area contributed by atoms with Crippen molar-refractivity contribution in [2.45, 2.75) is 6.54 Å². The van der Waals surface area contributed by atoms with Crippen LogP contribution in [0, 0.1) is 10.1 Å². The summed E-state index contributed by atoms with van der Waals surface area (Å²) in [5.74, 6) is 0.713. The third-order valence-corrected chi connectivity index (χ3v) is 3.06. The quantitative estimate of drug-likeness (QED) is 0.450. The van der Waals surface area contributed by atoms with E-state index in [9.17, 15) is 10.1 Å². The molecular weight excluding hydrogens is 262 g/mol. The molecule has 0 aromatic heterocycles. The van der Waals surface area contributed by atoms with E-state index in [0.717, 1.165) is 32.7 Å². The Morgan fingerprint density at radius 3 is 2.85 bits per heavy atom. The van der Waals surface area contributed by atoms with Gasteiger partial charge in [-0.1, -0.05) is 12.1 Å². The van der Waals surface area contributed by atoms with Gasteiger partial charge in [0.15, 0.2) is 0 Å². The number of nitrogens with zero attached hydrogens (tertiary/aromatic N) is 2. The zero-order chi connectivity index (χ0) is 14.2. The first-order chi connectivity index (χ1) is 9.74. The molecule has 20 heavy (non-hydrogen) atoms. The molecule has 1 N–H and O–H groups in total. The summed E-state index contributed by atoms with van der Waals surface area (Å²) in [7, 11) is 0. The van der Waals surface area contributed by atoms with Gasteiger partial charge in [-0.2, -0.15) is 0 Å². The molecule has 2 rings (SSSR count). The van der Waals surface area contributed by atoms with Gasteiger partial charge in [0, 0.05) is 32.7 Å². The van der Waals surface area contributed by atoms with Gasteiger partial charge in [-0.25, -0.2) is 0 Å². The summed E-state index contributed by atoms with van der Waals surface area (Å²) >= 11 is 0. The lowest BCUT2D eigenvalue weighted by Gasteiger charge is -2.27. The Hall–Kier alpha value is -1.86. The third kappa shape index (κ3) is 5.02. The Bertz CT molecular complexity index is 435. The second-order valence-corrected chi connectivity index (χ2v) is 4.58. The van der Waals surface area contributed by atoms with Crippen LogP contribution in [0.3, 0.4) is 0 Å². The monoisotopic (exact) mass is 281 g/mol. The van der Waals surface area contributed by atoms with E-state index in [1.807, 2.05) is 18.2 Å². The van der Waals surface area contributed by atoms with Gasteiger partial charge in [0.05, 0.1) is 0 Å². The van der Waals surface area contributed by atoms with Gasteiger partial charge in [-0.3, -0.25) is 4.90 Å². The fourth-order valence-corrected chi connectivity index (χ4v) is 2.13. The minimum Gasteiger partial charge on any atom is -0.492 e. The van der Waals surface area contributed by atoms with Gasteiger partial charge < -0.3 is 14.9 Å². The number of nitrogens with one attached hydrogen (secondary N) is 1. The highest BCUT2D eigenvalue weighted by Crippen LogP contribution is 2.15. The molecule has 1 heterocycles. The highest BCUT2D eigenvalue weighted by Gasteiger charge is 2.10. The molecule has 7 nitrogen and oxygen atoms in total. The average molecular weight is 281 g/mol. The maximum Gasteiger partial charge on any atom is 0.294 e. The zero-order valence-corrected chi connectivity index (χ0v) is 11.3. The molecule has 0 aliphatic carbocycles. The van der Waals surface area contributed by atoms with Crippen LogP contribution < -0.4 is 10.1 Å². The van der Waals surface area contributed by atoms with E-state index in [1.165, 1.54) is 5.56 Å². The van der Waals surface area contributed by atoms with Gasteiger partial charge in [0.1, 0.15) is 19.0 Å². The second-order valence-electron chi connectivity index (χ2n) is 4.58. The van der Waals surface area contributed by atoms with Gasteiger partial charge in [-0.05, 0) is 17.7 Å². The number of ether oxygens (including phenoxy) is 1. The minimum atomic E-state index is -0.815. The fourth-order valence-electron chi connectivity index (χ4n) is 2.13. The van der Waals surface area contributed by atoms with Crippen LogP contribution in [0.4, 0.5) is 0 Å². The minimum absolute atomic E-state index is 0.0605. The van der Waals surface area contributed by atoms with E-state index in [1.54, 1.807) is 0 Å². The van der Waals surface area contributed by atoms with Crippen molar-refractivity contribution in [3.8, 4) is 5.75 Å². The molecule has 0 bridgehead atoms. The molecule has 7 heteroatoms. The van der Waals surface area contributed by atoms with E-state index in [4.69, 9.17) is 4.74 Å². The SMILES string of the molecule is O=[N+]([O-])OCCOc1cccc(CN2CCNCC2)c1. The maximum atomic E-state index is 10.0. The van der Waals surface area contributed by atoms with Crippen LogP contribution in [-0.4, -0.2) is 49.4 Å². The van der Waals surface area contributed by atoms with Crippen LogP contribution in [0.2, 0.25) is 0 Å². The highest BCUT2D eigenvalue weighted by atomic mass is 17.0. The van der Waals surface area contributed by atoms with Crippen LogP contribution in [0.5, 0.6) is 5.75 Å². The van der Waals surface area contributed by atoms with Gasteiger partial charge in [0.25, 0.3) is 5.09 Å². The largest absolute Gasteiger partial charge is 0.492 e. The molecule has 1 aromatic rings. The van der Waals surface area contributed by atoms with Crippen LogP contribution >= 0.6 is 0 Å². The van der Waals surface area contributed by atoms with Crippen LogP contribution in [-0.2, 0) is 11.4 Å². The second kappa shape index (κ2) is 7.66. The normalized spacial score (nSPS) is 15.8. The van der Waals surface area contributed by atoms with Gasteiger partial charge in [0.2, 0.25) is 0 Å². The standard InChI is InChI=1S/C13H19N3O4/c17-16(18)20-9-8-19-13-3-1-2-12(10-13)11-15-6-4-14-5-7-15/h1-3,10,14H,4-9,11H2. The molecule has 110 valence electrons. The molecule has 0 saturated carbocycles. The molecule has 1 aliphatic heterocycles. The average Bonchev–Trinajstić information content (AvgIpc) is 2.45. The molecule has 1 saturated heterocycles. The highest BCUT2D eigenvalue weighted by molar-refractivity contribution is 5.28. The Balaban J connectivity index is 1.79. The first-order valence-electron chi connectivity index (χ1n) is 6.66. The molecule has 1 aromatic carbocycles. The molecule has 0 spiro atoms. The molecule has 1 aliphatic rings. The zero-order valence-electron chi connectivity index (χ0n) is 11.3. The molecule has 0 unspecified atom stereocenters. The number of rotatable bonds is 7. The number of hydrogen-bond acceptors (Lipinski definition) is 6. The number of benzene rings is 1.